The Morgan fingerprint density at radius 3 is 2.62 bits per heavy atom. The number of rotatable bonds is 10. The molecule has 9 heteroatoms. The molecule has 2 aromatic heterocycles. The molecule has 0 saturated carbocycles. The number of alkyl halides is 2. The lowest BCUT2D eigenvalue weighted by molar-refractivity contribution is -0.122. The van der Waals surface area contributed by atoms with Crippen LogP contribution in [-0.2, 0) is 11.2 Å². The summed E-state index contributed by atoms with van der Waals surface area (Å²) in [4.78, 5) is 18.7. The number of halogens is 2. The van der Waals surface area contributed by atoms with Crippen LogP contribution in [0.1, 0.15) is 11.3 Å². The summed E-state index contributed by atoms with van der Waals surface area (Å²) < 4.78 is 34.5. The third-order valence-corrected chi connectivity index (χ3v) is 5.42. The van der Waals surface area contributed by atoms with Gasteiger partial charge in [0.05, 0.1) is 10.4 Å². The van der Waals surface area contributed by atoms with Crippen molar-refractivity contribution in [2.75, 3.05) is 12.8 Å². The summed E-state index contributed by atoms with van der Waals surface area (Å²) in [6.07, 6.45) is 5.51. The third kappa shape index (κ3) is 6.48. The molecule has 0 atom stereocenters. The van der Waals surface area contributed by atoms with Crippen molar-refractivity contribution < 1.29 is 22.7 Å². The maximum Gasteiger partial charge on any atom is 0.388 e. The Morgan fingerprint density at radius 2 is 2.00 bits per heavy atom. The molecule has 0 saturated heterocycles. The Hall–Kier alpha value is -3.04. The Labute approximate surface area is 194 Å². The van der Waals surface area contributed by atoms with Gasteiger partial charge in [-0.1, -0.05) is 42.5 Å². The van der Waals surface area contributed by atoms with Crippen molar-refractivity contribution in [2.45, 2.75) is 13.0 Å². The third-order valence-electron chi connectivity index (χ3n) is 4.43. The molecule has 0 aliphatic heterocycles. The molecule has 3 rings (SSSR count). The van der Waals surface area contributed by atoms with E-state index in [1.807, 2.05) is 30.3 Å². The molecule has 0 radical (unpaired) electrons. The first-order valence-electron chi connectivity index (χ1n) is 9.57. The minimum atomic E-state index is -2.93. The van der Waals surface area contributed by atoms with E-state index in [9.17, 15) is 13.6 Å². The minimum absolute atomic E-state index is 0.179. The van der Waals surface area contributed by atoms with Gasteiger partial charge in [0.15, 0.2) is 0 Å². The highest BCUT2D eigenvalue weighted by atomic mass is 32.2. The second-order valence-electron chi connectivity index (χ2n) is 6.52. The van der Waals surface area contributed by atoms with Crippen molar-refractivity contribution in [1.82, 2.24) is 9.88 Å². The van der Waals surface area contributed by atoms with E-state index in [1.165, 1.54) is 34.4 Å². The molecule has 0 bridgehead atoms. The quantitative estimate of drug-likeness (QED) is 0.279. The van der Waals surface area contributed by atoms with E-state index < -0.39 is 6.61 Å². The number of amides is 1. The second kappa shape index (κ2) is 11.5. The van der Waals surface area contributed by atoms with E-state index in [4.69, 9.17) is 16.6 Å². The van der Waals surface area contributed by atoms with Gasteiger partial charge in [-0.2, -0.15) is 8.78 Å². The van der Waals surface area contributed by atoms with E-state index in [-0.39, 0.29) is 11.8 Å². The van der Waals surface area contributed by atoms with Gasteiger partial charge in [0.2, 0.25) is 5.88 Å². The second-order valence-corrected chi connectivity index (χ2v) is 7.58. The van der Waals surface area contributed by atoms with Crippen LogP contribution in [0.15, 0.2) is 70.1 Å². The highest BCUT2D eigenvalue weighted by Crippen LogP contribution is 2.26. The van der Waals surface area contributed by atoms with Crippen molar-refractivity contribution in [3.8, 4) is 17.2 Å². The fourth-order valence-corrected chi connectivity index (χ4v) is 3.57. The number of thiocarbonyl (C=S) groups is 1. The predicted molar refractivity (Wildman–Crippen MR) is 126 cm³/mol. The van der Waals surface area contributed by atoms with Crippen molar-refractivity contribution in [3.63, 3.8) is 0 Å². The average Bonchev–Trinajstić information content (AvgIpc) is 3.27. The minimum Gasteiger partial charge on any atom is -0.457 e. The number of ether oxygens (including phenoxy) is 1. The largest absolute Gasteiger partial charge is 0.457 e. The zero-order chi connectivity index (χ0) is 22.9. The number of nitrogens with zero attached hydrogens (tertiary/aromatic N) is 2. The maximum absolute atomic E-state index is 12.9. The highest BCUT2D eigenvalue weighted by molar-refractivity contribution is 8.03. The number of aromatic nitrogens is 1. The van der Waals surface area contributed by atoms with Crippen LogP contribution in [0.4, 0.5) is 8.78 Å². The highest BCUT2D eigenvalue weighted by Gasteiger charge is 2.17. The van der Waals surface area contributed by atoms with Crippen LogP contribution in [0.2, 0.25) is 0 Å². The Morgan fingerprint density at radius 1 is 1.22 bits per heavy atom. The molecule has 166 valence electrons. The lowest BCUT2D eigenvalue weighted by Gasteiger charge is -2.18. The van der Waals surface area contributed by atoms with Crippen molar-refractivity contribution >= 4 is 41.5 Å². The molecule has 32 heavy (non-hydrogen) atoms. The molecule has 0 N–H and O–H groups in total. The molecule has 5 nitrogen and oxygen atoms in total. The summed E-state index contributed by atoms with van der Waals surface area (Å²) in [6, 6.07) is 16.2. The normalized spacial score (nSPS) is 11.4. The number of carbonyl (C=O) groups excluding carboxylic acids is 1. The van der Waals surface area contributed by atoms with Gasteiger partial charge in [0, 0.05) is 24.4 Å². The van der Waals surface area contributed by atoms with E-state index in [2.05, 4.69) is 9.72 Å². The van der Waals surface area contributed by atoms with E-state index in [0.717, 1.165) is 5.56 Å². The summed E-state index contributed by atoms with van der Waals surface area (Å²) in [5.74, 6) is 0.562. The smallest absolute Gasteiger partial charge is 0.388 e. The average molecular weight is 475 g/mol. The summed E-state index contributed by atoms with van der Waals surface area (Å²) in [7, 11) is 0. The Bertz CT molecular complexity index is 1070. The molecule has 3 aromatic rings. The summed E-state index contributed by atoms with van der Waals surface area (Å²) in [6.45, 7) is -2.47. The lowest BCUT2D eigenvalue weighted by atomic mass is 10.1. The molecule has 2 heterocycles. The summed E-state index contributed by atoms with van der Waals surface area (Å²) >= 11 is 6.35. The molecule has 0 fully saturated rings. The monoisotopic (exact) mass is 474 g/mol. The molecule has 0 unspecified atom stereocenters. The molecular formula is C23H20F2N2O3S2. The number of carbonyl (C=O) groups is 1. The van der Waals surface area contributed by atoms with Gasteiger partial charge in [0.25, 0.3) is 5.91 Å². The van der Waals surface area contributed by atoms with Crippen LogP contribution in [0.5, 0.6) is 5.88 Å². The molecule has 1 aromatic carbocycles. The van der Waals surface area contributed by atoms with E-state index in [1.54, 1.807) is 30.5 Å². The van der Waals surface area contributed by atoms with Crippen LogP contribution >= 0.6 is 24.0 Å². The summed E-state index contributed by atoms with van der Waals surface area (Å²) in [5, 5.41) is 0. The van der Waals surface area contributed by atoms with Crippen molar-refractivity contribution in [2.24, 2.45) is 0 Å². The molecular weight excluding hydrogens is 454 g/mol. The standard InChI is InChI=1S/C23H20F2N2O3S2/c1-32-20(22(28)27(15-31)12-11-16-5-3-2-4-6-16)13-18-8-9-19(29-18)17-7-10-21(26-14-17)30-23(24)25/h2-10,13-15,23H,11-12H2,1H3/b20-13-. The van der Waals surface area contributed by atoms with Crippen molar-refractivity contribution in [1.29, 1.82) is 0 Å². The first-order valence-corrected chi connectivity index (χ1v) is 11.3. The number of furan rings is 1. The number of thioether (sulfide) groups is 1. The van der Waals surface area contributed by atoms with Gasteiger partial charge in [-0.25, -0.2) is 4.98 Å². The van der Waals surface area contributed by atoms with Gasteiger partial charge in [-0.3, -0.25) is 4.79 Å². The van der Waals surface area contributed by atoms with Crippen LogP contribution in [0, 0.1) is 0 Å². The number of hydrogen-bond acceptors (Lipinski definition) is 6. The Balaban J connectivity index is 1.70. The van der Waals surface area contributed by atoms with Gasteiger partial charge in [-0.05, 0) is 42.5 Å². The topological polar surface area (TPSA) is 55.6 Å². The SMILES string of the molecule is CS/C(=C\c1ccc(-c2ccc(OC(F)F)nc2)o1)C(=O)N(C=S)CCc1ccccc1. The van der Waals surface area contributed by atoms with Crippen LogP contribution in [-0.4, -0.2) is 40.7 Å². The lowest BCUT2D eigenvalue weighted by Crippen LogP contribution is -2.31. The van der Waals surface area contributed by atoms with Crippen molar-refractivity contribution in [3.05, 3.63) is 77.0 Å². The molecule has 0 aliphatic rings. The van der Waals surface area contributed by atoms with E-state index in [0.29, 0.717) is 35.0 Å². The fraction of sp³-hybridized carbons (Fsp3) is 0.174. The Kier molecular flexibility index (Phi) is 8.52. The number of hydrogen-bond donors (Lipinski definition) is 0. The molecule has 0 spiro atoms. The zero-order valence-corrected chi connectivity index (χ0v) is 18.7. The molecule has 0 aliphatic carbocycles. The van der Waals surface area contributed by atoms with Crippen LogP contribution in [0.25, 0.3) is 17.4 Å². The van der Waals surface area contributed by atoms with Gasteiger partial charge in [0.1, 0.15) is 11.5 Å². The maximum atomic E-state index is 12.9. The number of benzene rings is 1. The van der Waals surface area contributed by atoms with E-state index >= 15 is 0 Å². The number of pyridine rings is 1. The summed E-state index contributed by atoms with van der Waals surface area (Å²) in [5.41, 5.74) is 3.06. The molecule has 1 amide bonds. The predicted octanol–water partition coefficient (Wildman–Crippen LogP) is 5.68. The first-order chi connectivity index (χ1) is 15.5. The fourth-order valence-electron chi connectivity index (χ4n) is 2.85. The van der Waals surface area contributed by atoms with Crippen LogP contribution < -0.4 is 4.74 Å². The van der Waals surface area contributed by atoms with Gasteiger partial charge >= 0.3 is 6.61 Å². The van der Waals surface area contributed by atoms with Gasteiger partial charge < -0.3 is 14.1 Å². The van der Waals surface area contributed by atoms with Gasteiger partial charge in [-0.15, -0.1) is 11.8 Å². The zero-order valence-electron chi connectivity index (χ0n) is 17.1. The van der Waals surface area contributed by atoms with Crippen LogP contribution in [0.3, 0.4) is 0 Å². The first kappa shape index (κ1) is 23.6.